The third kappa shape index (κ3) is 9.79. The predicted molar refractivity (Wildman–Crippen MR) is 205 cm³/mol. The molecule has 0 saturated carbocycles. The number of hydrogen-bond acceptors (Lipinski definition) is 10. The zero-order valence-electron chi connectivity index (χ0n) is 27.5. The molecule has 1 aliphatic carbocycles. The molecule has 0 unspecified atom stereocenters. The van der Waals surface area contributed by atoms with Gasteiger partial charge in [0, 0.05) is 22.7 Å². The quantitative estimate of drug-likeness (QED) is 0.0747. The van der Waals surface area contributed by atoms with Crippen molar-refractivity contribution in [2.24, 2.45) is 4.99 Å². The number of anilines is 4. The standard InChI is InChI=1S/C37H29N3O9S3.H3N/c41-50(42,43)34-19-13-31(14-20-34)38-28-7-1-25(2-8-28)37(26-3-9-29(10-4-26)39-32-15-21-35(22-16-32)51(44,45)46)27-5-11-30(12-6-27)40-33-17-23-36(24-18-33)52(47,48)49;/h1-24,38-39H,(H,41,42,43)(H,44,45,46)(H,47,48,49);1H3. The molecule has 272 valence electrons. The Morgan fingerprint density at radius 3 is 1.06 bits per heavy atom. The Morgan fingerprint density at radius 1 is 0.434 bits per heavy atom. The third-order valence-electron chi connectivity index (χ3n) is 7.78. The highest BCUT2D eigenvalue weighted by atomic mass is 32.2. The molecular formula is C37H32N4O9S3. The number of benzene rings is 5. The third-order valence-corrected chi connectivity index (χ3v) is 10.4. The van der Waals surface area contributed by atoms with E-state index < -0.39 is 30.4 Å². The summed E-state index contributed by atoms with van der Waals surface area (Å²) in [5.74, 6) is 0. The second-order valence-corrected chi connectivity index (χ2v) is 15.7. The van der Waals surface area contributed by atoms with Crippen molar-refractivity contribution in [1.82, 2.24) is 6.15 Å². The lowest BCUT2D eigenvalue weighted by Gasteiger charge is -2.16. The van der Waals surface area contributed by atoms with Crippen molar-refractivity contribution in [3.05, 3.63) is 162 Å². The zero-order valence-corrected chi connectivity index (χ0v) is 30.0. The minimum atomic E-state index is -4.32. The summed E-state index contributed by atoms with van der Waals surface area (Å²) in [5, 5.41) is 6.42. The van der Waals surface area contributed by atoms with Crippen LogP contribution in [-0.2, 0) is 30.4 Å². The molecule has 0 spiro atoms. The van der Waals surface area contributed by atoms with Gasteiger partial charge in [0.25, 0.3) is 30.4 Å². The first kappa shape index (κ1) is 38.5. The first-order chi connectivity index (χ1) is 24.6. The maximum absolute atomic E-state index is 11.4. The van der Waals surface area contributed by atoms with Crippen molar-refractivity contribution >= 4 is 70.1 Å². The molecule has 1 aliphatic rings. The molecule has 0 bridgehead atoms. The van der Waals surface area contributed by atoms with Crippen LogP contribution in [0, 0.1) is 0 Å². The van der Waals surface area contributed by atoms with E-state index in [1.807, 2.05) is 72.8 Å². The molecule has 0 aliphatic heterocycles. The highest BCUT2D eigenvalue weighted by molar-refractivity contribution is 7.86. The first-order valence-corrected chi connectivity index (χ1v) is 19.6. The van der Waals surface area contributed by atoms with Gasteiger partial charge in [0.1, 0.15) is 0 Å². The van der Waals surface area contributed by atoms with Gasteiger partial charge in [0.2, 0.25) is 0 Å². The first-order valence-electron chi connectivity index (χ1n) is 15.3. The second-order valence-electron chi connectivity index (χ2n) is 11.4. The lowest BCUT2D eigenvalue weighted by atomic mass is 9.90. The monoisotopic (exact) mass is 772 g/mol. The number of nitrogens with one attached hydrogen (secondary N) is 2. The largest absolute Gasteiger partial charge is 0.356 e. The number of nitrogens with zero attached hydrogens (tertiary/aromatic N) is 1. The van der Waals surface area contributed by atoms with Gasteiger partial charge in [0.05, 0.1) is 26.1 Å². The summed E-state index contributed by atoms with van der Waals surface area (Å²) in [6, 6.07) is 32.1. The normalized spacial score (nSPS) is 12.9. The summed E-state index contributed by atoms with van der Waals surface area (Å²) < 4.78 is 96.1. The Kier molecular flexibility index (Phi) is 11.3. The van der Waals surface area contributed by atoms with E-state index in [2.05, 4.69) is 15.6 Å². The number of hydrogen-bond donors (Lipinski definition) is 6. The van der Waals surface area contributed by atoms with Gasteiger partial charge in [-0.1, -0.05) is 36.4 Å². The fourth-order valence-corrected chi connectivity index (χ4v) is 6.68. The summed E-state index contributed by atoms with van der Waals surface area (Å²) in [6.45, 7) is 0. The van der Waals surface area contributed by atoms with Gasteiger partial charge >= 0.3 is 0 Å². The number of rotatable bonds is 10. The van der Waals surface area contributed by atoms with Gasteiger partial charge in [-0.05, 0) is 131 Å². The van der Waals surface area contributed by atoms with E-state index in [1.165, 1.54) is 48.5 Å². The Balaban J connectivity index is 0.00000541. The fraction of sp³-hybridized carbons (Fsp3) is 0. The van der Waals surface area contributed by atoms with Crippen LogP contribution in [0.3, 0.4) is 0 Å². The molecule has 0 heterocycles. The molecular weight excluding hydrogens is 741 g/mol. The molecule has 5 aromatic carbocycles. The number of allylic oxidation sites excluding steroid dienone is 5. The molecule has 13 nitrogen and oxygen atoms in total. The predicted octanol–water partition coefficient (Wildman–Crippen LogP) is 7.78. The van der Waals surface area contributed by atoms with E-state index in [1.54, 1.807) is 24.3 Å². The SMILES string of the molecule is N.O=S(=O)(O)c1ccc(N=C2C=CC(=C(c3ccc(Nc4ccc(S(=O)(=O)O)cc4)cc3)c3ccc(Nc4ccc(S(=O)(=O)O)cc4)cc3)C=C2)cc1. The molecule has 5 aromatic rings. The Morgan fingerprint density at radius 2 is 0.736 bits per heavy atom. The highest BCUT2D eigenvalue weighted by Gasteiger charge is 2.14. The summed E-state index contributed by atoms with van der Waals surface area (Å²) in [5.41, 5.74) is 7.31. The lowest BCUT2D eigenvalue weighted by molar-refractivity contribution is 0.481. The van der Waals surface area contributed by atoms with E-state index in [-0.39, 0.29) is 20.8 Å². The van der Waals surface area contributed by atoms with Gasteiger partial charge in [-0.3, -0.25) is 13.7 Å². The van der Waals surface area contributed by atoms with Crippen LogP contribution in [0.1, 0.15) is 11.1 Å². The van der Waals surface area contributed by atoms with E-state index in [4.69, 9.17) is 0 Å². The molecule has 8 N–H and O–H groups in total. The summed E-state index contributed by atoms with van der Waals surface area (Å²) >= 11 is 0. The van der Waals surface area contributed by atoms with Crippen molar-refractivity contribution in [2.45, 2.75) is 14.7 Å². The molecule has 0 atom stereocenters. The van der Waals surface area contributed by atoms with E-state index in [9.17, 15) is 38.9 Å². The molecule has 53 heavy (non-hydrogen) atoms. The molecule has 0 saturated heterocycles. The molecule has 0 aromatic heterocycles. The van der Waals surface area contributed by atoms with Crippen LogP contribution in [0.5, 0.6) is 0 Å². The average Bonchev–Trinajstić information content (AvgIpc) is 3.10. The van der Waals surface area contributed by atoms with Crippen LogP contribution in [0.15, 0.2) is 171 Å². The fourth-order valence-electron chi connectivity index (χ4n) is 5.24. The minimum Gasteiger partial charge on any atom is -0.356 e. The molecule has 0 radical (unpaired) electrons. The topological polar surface area (TPSA) is 235 Å². The molecule has 0 amide bonds. The van der Waals surface area contributed by atoms with Crippen LogP contribution in [0.2, 0.25) is 0 Å². The molecule has 16 heteroatoms. The zero-order chi connectivity index (χ0) is 37.1. The van der Waals surface area contributed by atoms with Gasteiger partial charge in [-0.2, -0.15) is 25.3 Å². The average molecular weight is 773 g/mol. The van der Waals surface area contributed by atoms with Crippen molar-refractivity contribution in [3.63, 3.8) is 0 Å². The maximum atomic E-state index is 11.4. The summed E-state index contributed by atoms with van der Waals surface area (Å²) in [7, 11) is -12.9. The maximum Gasteiger partial charge on any atom is 0.294 e. The van der Waals surface area contributed by atoms with E-state index in [0.717, 1.165) is 33.6 Å². The second kappa shape index (κ2) is 15.5. The van der Waals surface area contributed by atoms with Gasteiger partial charge in [0.15, 0.2) is 0 Å². The van der Waals surface area contributed by atoms with Crippen molar-refractivity contribution < 1.29 is 38.9 Å². The van der Waals surface area contributed by atoms with Crippen LogP contribution in [-0.4, -0.2) is 44.6 Å². The highest BCUT2D eigenvalue weighted by Crippen LogP contribution is 2.33. The van der Waals surface area contributed by atoms with Crippen molar-refractivity contribution in [1.29, 1.82) is 0 Å². The van der Waals surface area contributed by atoms with Crippen LogP contribution in [0.25, 0.3) is 5.57 Å². The van der Waals surface area contributed by atoms with E-state index >= 15 is 0 Å². The van der Waals surface area contributed by atoms with Crippen LogP contribution >= 0.6 is 0 Å². The van der Waals surface area contributed by atoms with Crippen LogP contribution < -0.4 is 16.8 Å². The van der Waals surface area contributed by atoms with E-state index in [0.29, 0.717) is 22.8 Å². The van der Waals surface area contributed by atoms with Crippen molar-refractivity contribution in [3.8, 4) is 0 Å². The molecule has 6 rings (SSSR count). The lowest BCUT2D eigenvalue weighted by Crippen LogP contribution is -2.00. The summed E-state index contributed by atoms with van der Waals surface area (Å²) in [6.07, 6.45) is 7.47. The molecule has 0 fully saturated rings. The van der Waals surface area contributed by atoms with Gasteiger partial charge in [-0.15, -0.1) is 0 Å². The number of aliphatic imine (C=N–C) groups is 1. The van der Waals surface area contributed by atoms with Crippen molar-refractivity contribution in [2.75, 3.05) is 10.6 Å². The Bertz CT molecular complexity index is 2440. The minimum absolute atomic E-state index is 0. The Hall–Kier alpha value is -5.72. The smallest absolute Gasteiger partial charge is 0.294 e. The Labute approximate surface area is 306 Å². The van der Waals surface area contributed by atoms with Gasteiger partial charge in [-0.25, -0.2) is 4.99 Å². The van der Waals surface area contributed by atoms with Gasteiger partial charge < -0.3 is 16.8 Å². The summed E-state index contributed by atoms with van der Waals surface area (Å²) in [4.78, 5) is 3.91. The van der Waals surface area contributed by atoms with Crippen LogP contribution in [0.4, 0.5) is 28.4 Å².